The van der Waals surface area contributed by atoms with E-state index in [1.54, 1.807) is 18.2 Å². The number of anilines is 1. The lowest BCUT2D eigenvalue weighted by atomic mass is 10.1. The van der Waals surface area contributed by atoms with Gasteiger partial charge < -0.3 is 20.3 Å². The quantitative estimate of drug-likeness (QED) is 0.557. The first-order chi connectivity index (χ1) is 7.20. The summed E-state index contributed by atoms with van der Waals surface area (Å²) < 4.78 is 9.69. The van der Waals surface area contributed by atoms with Crippen molar-refractivity contribution in [2.75, 3.05) is 26.1 Å². The van der Waals surface area contributed by atoms with Gasteiger partial charge in [0.25, 0.3) is 0 Å². The Kier molecular flexibility index (Phi) is 3.93. The van der Waals surface area contributed by atoms with Crippen molar-refractivity contribution < 1.29 is 19.4 Å². The number of nitrogen functional groups attached to an aromatic ring is 1. The van der Waals surface area contributed by atoms with Gasteiger partial charge in [-0.15, -0.1) is 0 Å². The zero-order chi connectivity index (χ0) is 11.3. The molecular weight excluding hydrogens is 198 g/mol. The van der Waals surface area contributed by atoms with Crippen molar-refractivity contribution in [3.05, 3.63) is 23.8 Å². The maximum atomic E-state index is 11.3. The Hall–Kier alpha value is -1.75. The van der Waals surface area contributed by atoms with Gasteiger partial charge in [-0.1, -0.05) is 6.07 Å². The molecule has 0 saturated heterocycles. The summed E-state index contributed by atoms with van der Waals surface area (Å²) >= 11 is 0. The Labute approximate surface area is 87.4 Å². The molecule has 0 bridgehead atoms. The summed E-state index contributed by atoms with van der Waals surface area (Å²) in [7, 11) is 1.28. The SMILES string of the molecule is COC(=O)c1cccc(OCCO)c1N. The third-order valence-corrected chi connectivity index (χ3v) is 1.82. The second-order valence-corrected chi connectivity index (χ2v) is 2.78. The Morgan fingerprint density at radius 1 is 1.53 bits per heavy atom. The van der Waals surface area contributed by atoms with E-state index < -0.39 is 5.97 Å². The fraction of sp³-hybridized carbons (Fsp3) is 0.300. The average Bonchev–Trinajstić information content (AvgIpc) is 2.27. The monoisotopic (exact) mass is 211 g/mol. The molecule has 1 aromatic carbocycles. The number of aliphatic hydroxyl groups is 1. The second-order valence-electron chi connectivity index (χ2n) is 2.78. The van der Waals surface area contributed by atoms with Crippen molar-refractivity contribution in [1.82, 2.24) is 0 Å². The second kappa shape index (κ2) is 5.21. The van der Waals surface area contributed by atoms with Gasteiger partial charge in [-0.2, -0.15) is 0 Å². The summed E-state index contributed by atoms with van der Waals surface area (Å²) in [6, 6.07) is 4.81. The number of hydrogen-bond acceptors (Lipinski definition) is 5. The Morgan fingerprint density at radius 2 is 2.27 bits per heavy atom. The minimum absolute atomic E-state index is 0.109. The van der Waals surface area contributed by atoms with Crippen molar-refractivity contribution in [3.8, 4) is 5.75 Å². The van der Waals surface area contributed by atoms with Crippen molar-refractivity contribution in [1.29, 1.82) is 0 Å². The summed E-state index contributed by atoms with van der Waals surface area (Å²) in [5, 5.41) is 8.59. The lowest BCUT2D eigenvalue weighted by Crippen LogP contribution is -2.09. The molecule has 0 spiro atoms. The van der Waals surface area contributed by atoms with Gasteiger partial charge in [0, 0.05) is 0 Å². The highest BCUT2D eigenvalue weighted by Crippen LogP contribution is 2.25. The third kappa shape index (κ3) is 2.60. The van der Waals surface area contributed by atoms with Crippen LogP contribution in [0.3, 0.4) is 0 Å². The van der Waals surface area contributed by atoms with Crippen LogP contribution in [-0.4, -0.2) is 31.4 Å². The van der Waals surface area contributed by atoms with Crippen LogP contribution < -0.4 is 10.5 Å². The number of esters is 1. The van der Waals surface area contributed by atoms with Gasteiger partial charge >= 0.3 is 5.97 Å². The Balaban J connectivity index is 2.95. The molecule has 0 heterocycles. The van der Waals surface area contributed by atoms with Crippen LogP contribution in [0.2, 0.25) is 0 Å². The number of aliphatic hydroxyl groups excluding tert-OH is 1. The Bertz CT molecular complexity index is 351. The smallest absolute Gasteiger partial charge is 0.340 e. The van der Waals surface area contributed by atoms with Crippen LogP contribution in [0, 0.1) is 0 Å². The number of methoxy groups -OCH3 is 1. The average molecular weight is 211 g/mol. The molecule has 0 saturated carbocycles. The van der Waals surface area contributed by atoms with Crippen LogP contribution >= 0.6 is 0 Å². The van der Waals surface area contributed by atoms with Crippen LogP contribution in [0.15, 0.2) is 18.2 Å². The lowest BCUT2D eigenvalue weighted by Gasteiger charge is -2.10. The summed E-state index contributed by atoms with van der Waals surface area (Å²) in [6.07, 6.45) is 0. The van der Waals surface area contributed by atoms with E-state index in [-0.39, 0.29) is 24.5 Å². The molecule has 5 nitrogen and oxygen atoms in total. The van der Waals surface area contributed by atoms with E-state index in [4.69, 9.17) is 15.6 Å². The standard InChI is InChI=1S/C10H13NO4/c1-14-10(13)7-3-2-4-8(9(7)11)15-6-5-12/h2-4,12H,5-6,11H2,1H3. The maximum Gasteiger partial charge on any atom is 0.340 e. The lowest BCUT2D eigenvalue weighted by molar-refractivity contribution is 0.0601. The minimum Gasteiger partial charge on any atom is -0.489 e. The van der Waals surface area contributed by atoms with Gasteiger partial charge in [-0.25, -0.2) is 4.79 Å². The topological polar surface area (TPSA) is 81.8 Å². The fourth-order valence-corrected chi connectivity index (χ4v) is 1.11. The molecule has 82 valence electrons. The van der Waals surface area contributed by atoms with E-state index in [1.807, 2.05) is 0 Å². The third-order valence-electron chi connectivity index (χ3n) is 1.82. The number of para-hydroxylation sites is 1. The van der Waals surface area contributed by atoms with E-state index in [2.05, 4.69) is 4.74 Å². The van der Waals surface area contributed by atoms with Crippen LogP contribution in [0.4, 0.5) is 5.69 Å². The number of benzene rings is 1. The molecule has 0 radical (unpaired) electrons. The van der Waals surface area contributed by atoms with Crippen LogP contribution in [0.5, 0.6) is 5.75 Å². The molecule has 3 N–H and O–H groups in total. The largest absolute Gasteiger partial charge is 0.489 e. The van der Waals surface area contributed by atoms with Crippen LogP contribution in [-0.2, 0) is 4.74 Å². The predicted octanol–water partition coefficient (Wildman–Crippen LogP) is 0.427. The summed E-state index contributed by atoms with van der Waals surface area (Å²) in [4.78, 5) is 11.3. The molecule has 0 atom stereocenters. The number of carbonyl (C=O) groups is 1. The van der Waals surface area contributed by atoms with E-state index in [1.165, 1.54) is 7.11 Å². The molecule has 0 aliphatic carbocycles. The summed E-state index contributed by atoms with van der Waals surface area (Å²) in [6.45, 7) is 0.0245. The van der Waals surface area contributed by atoms with Gasteiger partial charge in [0.1, 0.15) is 12.4 Å². The van der Waals surface area contributed by atoms with E-state index in [9.17, 15) is 4.79 Å². The molecule has 15 heavy (non-hydrogen) atoms. The molecule has 0 aliphatic heterocycles. The van der Waals surface area contributed by atoms with Crippen molar-refractivity contribution in [3.63, 3.8) is 0 Å². The van der Waals surface area contributed by atoms with Crippen molar-refractivity contribution in [2.45, 2.75) is 0 Å². The molecule has 0 amide bonds. The highest BCUT2D eigenvalue weighted by molar-refractivity contribution is 5.96. The number of nitrogens with two attached hydrogens (primary N) is 1. The van der Waals surface area contributed by atoms with Gasteiger partial charge in [0.2, 0.25) is 0 Å². The highest BCUT2D eigenvalue weighted by Gasteiger charge is 2.13. The van der Waals surface area contributed by atoms with Gasteiger partial charge in [-0.05, 0) is 12.1 Å². The summed E-state index contributed by atoms with van der Waals surface area (Å²) in [5.41, 5.74) is 6.17. The van der Waals surface area contributed by atoms with Crippen LogP contribution in [0.25, 0.3) is 0 Å². The summed E-state index contributed by atoms with van der Waals surface area (Å²) in [5.74, 6) is -0.145. The molecule has 0 aromatic heterocycles. The molecular formula is C10H13NO4. The van der Waals surface area contributed by atoms with E-state index in [0.29, 0.717) is 5.75 Å². The maximum absolute atomic E-state index is 11.3. The number of hydrogen-bond donors (Lipinski definition) is 2. The normalized spacial score (nSPS) is 9.73. The van der Waals surface area contributed by atoms with Crippen molar-refractivity contribution in [2.24, 2.45) is 0 Å². The zero-order valence-corrected chi connectivity index (χ0v) is 8.40. The fourth-order valence-electron chi connectivity index (χ4n) is 1.11. The first-order valence-corrected chi connectivity index (χ1v) is 4.41. The predicted molar refractivity (Wildman–Crippen MR) is 54.8 cm³/mol. The number of carbonyl (C=O) groups excluding carboxylic acids is 1. The first-order valence-electron chi connectivity index (χ1n) is 4.41. The van der Waals surface area contributed by atoms with E-state index >= 15 is 0 Å². The van der Waals surface area contributed by atoms with Crippen molar-refractivity contribution >= 4 is 11.7 Å². The molecule has 1 rings (SSSR count). The van der Waals surface area contributed by atoms with Crippen LogP contribution in [0.1, 0.15) is 10.4 Å². The van der Waals surface area contributed by atoms with E-state index in [0.717, 1.165) is 0 Å². The first kappa shape index (κ1) is 11.3. The molecule has 0 aliphatic rings. The number of rotatable bonds is 4. The molecule has 5 heteroatoms. The molecule has 1 aromatic rings. The van der Waals surface area contributed by atoms with Gasteiger partial charge in [0.15, 0.2) is 0 Å². The zero-order valence-electron chi connectivity index (χ0n) is 8.40. The van der Waals surface area contributed by atoms with Gasteiger partial charge in [0.05, 0.1) is 25.0 Å². The minimum atomic E-state index is -0.512. The van der Waals surface area contributed by atoms with Gasteiger partial charge in [-0.3, -0.25) is 0 Å². The molecule has 0 unspecified atom stereocenters. The molecule has 0 fully saturated rings. The Morgan fingerprint density at radius 3 is 2.87 bits per heavy atom. The highest BCUT2D eigenvalue weighted by atomic mass is 16.5. The number of ether oxygens (including phenoxy) is 2.